The molecule has 0 aromatic heterocycles. The lowest BCUT2D eigenvalue weighted by Crippen LogP contribution is -2.28. The van der Waals surface area contributed by atoms with Gasteiger partial charge in [0, 0.05) is 40.3 Å². The van der Waals surface area contributed by atoms with Crippen LogP contribution in [0.5, 0.6) is 0 Å². The molecule has 2 heterocycles. The van der Waals surface area contributed by atoms with Gasteiger partial charge in [0.2, 0.25) is 21.5 Å². The fourth-order valence-corrected chi connectivity index (χ4v) is 7.62. The molecule has 0 unspecified atom stereocenters. The third-order valence-electron chi connectivity index (χ3n) is 6.98. The number of carbonyl (C=O) groups excluding carboxylic acids is 2. The molecular formula is C29H32N2O8S3. The van der Waals surface area contributed by atoms with Crippen LogP contribution in [0.2, 0.25) is 0 Å². The van der Waals surface area contributed by atoms with Crippen molar-refractivity contribution in [2.75, 3.05) is 40.6 Å². The van der Waals surface area contributed by atoms with Crippen LogP contribution in [0.3, 0.4) is 0 Å². The minimum atomic E-state index is -4.16. The lowest BCUT2D eigenvalue weighted by atomic mass is 9.83. The average molecular weight is 633 g/mol. The Morgan fingerprint density at radius 2 is 1.83 bits per heavy atom. The minimum Gasteiger partial charge on any atom is -0.396 e. The van der Waals surface area contributed by atoms with Crippen LogP contribution >= 0.6 is 11.8 Å². The molecule has 0 aliphatic carbocycles. The lowest BCUT2D eigenvalue weighted by Gasteiger charge is -2.27. The van der Waals surface area contributed by atoms with Crippen molar-refractivity contribution in [3.63, 3.8) is 0 Å². The summed E-state index contributed by atoms with van der Waals surface area (Å²) in [6.45, 7) is 4.19. The number of carbonyl (C=O) groups is 2. The predicted molar refractivity (Wildman–Crippen MR) is 164 cm³/mol. The van der Waals surface area contributed by atoms with Gasteiger partial charge in [-0.3, -0.25) is 14.1 Å². The van der Waals surface area contributed by atoms with E-state index < -0.39 is 36.9 Å². The van der Waals surface area contributed by atoms with Crippen molar-refractivity contribution >= 4 is 54.8 Å². The van der Waals surface area contributed by atoms with Crippen molar-refractivity contribution in [1.82, 2.24) is 0 Å². The van der Waals surface area contributed by atoms with Crippen molar-refractivity contribution < 1.29 is 36.1 Å². The number of aliphatic hydroxyl groups excluding tert-OH is 1. The average Bonchev–Trinajstić information content (AvgIpc) is 3.24. The normalized spacial score (nSPS) is 19.0. The Bertz CT molecular complexity index is 1710. The number of hydrogen-bond donors (Lipinski definition) is 3. The number of ketones is 1. The number of anilines is 2. The topological polar surface area (TPSA) is 158 Å². The van der Waals surface area contributed by atoms with Crippen LogP contribution < -0.4 is 10.2 Å². The quantitative estimate of drug-likeness (QED) is 0.189. The van der Waals surface area contributed by atoms with Gasteiger partial charge in [-0.25, -0.2) is 8.42 Å². The number of thioether (sulfide) groups is 1. The molecule has 0 saturated carbocycles. The van der Waals surface area contributed by atoms with E-state index >= 15 is 0 Å². The Kier molecular flexibility index (Phi) is 9.48. The second-order valence-corrected chi connectivity index (χ2v) is 14.8. The summed E-state index contributed by atoms with van der Waals surface area (Å²) in [6.07, 6.45) is 6.29. The number of Topliss-reactive ketones (excluding diaryl/α,β-unsaturated/α-hetero) is 1. The third kappa shape index (κ3) is 6.70. The highest BCUT2D eigenvalue weighted by atomic mass is 32.2. The van der Waals surface area contributed by atoms with E-state index in [1.54, 1.807) is 30.4 Å². The van der Waals surface area contributed by atoms with Crippen molar-refractivity contribution in [2.24, 2.45) is 0 Å². The highest BCUT2D eigenvalue weighted by Gasteiger charge is 2.40. The van der Waals surface area contributed by atoms with Crippen LogP contribution in [0.4, 0.5) is 11.4 Å². The van der Waals surface area contributed by atoms with Gasteiger partial charge in [-0.05, 0) is 54.5 Å². The van der Waals surface area contributed by atoms with E-state index in [4.69, 9.17) is 5.11 Å². The molecule has 2 aliphatic rings. The summed E-state index contributed by atoms with van der Waals surface area (Å²) in [4.78, 5) is 26.7. The number of benzene rings is 2. The first-order valence-corrected chi connectivity index (χ1v) is 17.4. The molecule has 2 aliphatic heterocycles. The molecule has 3 N–H and O–H groups in total. The van der Waals surface area contributed by atoms with Gasteiger partial charge in [0.1, 0.15) is 4.91 Å². The molecule has 0 bridgehead atoms. The standard InChI is InChI=1S/C29H32N2O8S3/c1-29(2)22-18-20(30-27(33)19-40-16-15-32)12-13-23(22)31(14-7-17-41(35,36)37)26(29)11-6-5-10-25-28(34)21-8-3-4-9-24(21)42(25,38)39/h3-6,8-13,18,32H,7,14-17,19H2,1-2H3,(H,30,33)(H,35,36,37)/b6-5+,25-10-,26-11+. The molecule has 2 aromatic carbocycles. The van der Waals surface area contributed by atoms with Crippen molar-refractivity contribution in [1.29, 1.82) is 0 Å². The molecule has 224 valence electrons. The van der Waals surface area contributed by atoms with Crippen molar-refractivity contribution in [3.05, 3.63) is 88.5 Å². The molecule has 42 heavy (non-hydrogen) atoms. The predicted octanol–water partition coefficient (Wildman–Crippen LogP) is 3.72. The Morgan fingerprint density at radius 3 is 2.52 bits per heavy atom. The van der Waals surface area contributed by atoms with Gasteiger partial charge in [0.05, 0.1) is 23.0 Å². The second kappa shape index (κ2) is 12.6. The van der Waals surface area contributed by atoms with E-state index in [-0.39, 0.29) is 46.6 Å². The monoisotopic (exact) mass is 632 g/mol. The van der Waals surface area contributed by atoms with E-state index in [1.165, 1.54) is 36.0 Å². The molecule has 0 atom stereocenters. The highest BCUT2D eigenvalue weighted by molar-refractivity contribution is 8.00. The molecule has 4 rings (SSSR count). The number of nitrogens with zero attached hydrogens (tertiary/aromatic N) is 1. The largest absolute Gasteiger partial charge is 0.396 e. The third-order valence-corrected chi connectivity index (χ3v) is 10.6. The number of sulfone groups is 1. The SMILES string of the molecule is CC1(C)\C(=C/C=C/C=C2/C(=O)c3ccccc3S2(=O)=O)N(CCCS(=O)(=O)O)c2ccc(NC(=O)CSCCO)cc21. The van der Waals surface area contributed by atoms with E-state index in [1.807, 2.05) is 30.9 Å². The van der Waals surface area contributed by atoms with Crippen LogP contribution in [0.1, 0.15) is 36.2 Å². The van der Waals surface area contributed by atoms with Crippen LogP contribution in [0.25, 0.3) is 0 Å². The maximum Gasteiger partial charge on any atom is 0.264 e. The smallest absolute Gasteiger partial charge is 0.264 e. The number of nitrogens with one attached hydrogen (secondary N) is 1. The summed E-state index contributed by atoms with van der Waals surface area (Å²) in [5, 5.41) is 11.8. The summed E-state index contributed by atoms with van der Waals surface area (Å²) in [5.41, 5.74) is 2.56. The van der Waals surface area contributed by atoms with Gasteiger partial charge in [-0.15, -0.1) is 11.8 Å². The van der Waals surface area contributed by atoms with Gasteiger partial charge in [-0.1, -0.05) is 38.1 Å². The minimum absolute atomic E-state index is 0.0136. The summed E-state index contributed by atoms with van der Waals surface area (Å²) in [7, 11) is -8.08. The summed E-state index contributed by atoms with van der Waals surface area (Å²) < 4.78 is 57.7. The molecule has 0 spiro atoms. The fraction of sp³-hybridized carbons (Fsp3) is 0.310. The zero-order valence-electron chi connectivity index (χ0n) is 23.1. The number of fused-ring (bicyclic) bond motifs is 2. The summed E-state index contributed by atoms with van der Waals surface area (Å²) in [5.74, 6) is -0.548. The number of rotatable bonds is 11. The molecule has 0 saturated heterocycles. The molecule has 0 fully saturated rings. The van der Waals surface area contributed by atoms with Gasteiger partial charge in [0.15, 0.2) is 0 Å². The molecule has 10 nitrogen and oxygen atoms in total. The molecule has 13 heteroatoms. The first-order chi connectivity index (χ1) is 19.8. The Labute approximate surface area is 249 Å². The fourth-order valence-electron chi connectivity index (χ4n) is 5.04. The summed E-state index contributed by atoms with van der Waals surface area (Å²) >= 11 is 1.31. The Balaban J connectivity index is 1.64. The molecule has 2 aromatic rings. The number of hydrogen-bond acceptors (Lipinski definition) is 9. The maximum atomic E-state index is 12.9. The maximum absolute atomic E-state index is 12.9. The Morgan fingerprint density at radius 1 is 1.12 bits per heavy atom. The van der Waals surface area contributed by atoms with Crippen molar-refractivity contribution in [3.8, 4) is 0 Å². The van der Waals surface area contributed by atoms with Gasteiger partial charge >= 0.3 is 0 Å². The van der Waals surface area contributed by atoms with Gasteiger partial charge < -0.3 is 15.3 Å². The molecular weight excluding hydrogens is 601 g/mol. The summed E-state index contributed by atoms with van der Waals surface area (Å²) in [6, 6.07) is 11.5. The van der Waals surface area contributed by atoms with Crippen LogP contribution in [0, 0.1) is 0 Å². The number of allylic oxidation sites excluding steroid dienone is 6. The highest BCUT2D eigenvalue weighted by Crippen LogP contribution is 2.48. The van der Waals surface area contributed by atoms with Crippen LogP contribution in [-0.4, -0.2) is 68.6 Å². The first-order valence-electron chi connectivity index (χ1n) is 13.1. The molecule has 1 amide bonds. The van der Waals surface area contributed by atoms with Gasteiger partial charge in [-0.2, -0.15) is 8.42 Å². The lowest BCUT2D eigenvalue weighted by molar-refractivity contribution is -0.113. The first kappa shape index (κ1) is 31.7. The van der Waals surface area contributed by atoms with Crippen LogP contribution in [-0.2, 0) is 30.2 Å². The zero-order chi connectivity index (χ0) is 30.7. The number of amides is 1. The van der Waals surface area contributed by atoms with Crippen molar-refractivity contribution in [2.45, 2.75) is 30.6 Å². The second-order valence-electron chi connectivity index (χ2n) is 10.3. The zero-order valence-corrected chi connectivity index (χ0v) is 25.6. The van der Waals surface area contributed by atoms with E-state index in [9.17, 15) is 31.0 Å². The van der Waals surface area contributed by atoms with E-state index in [2.05, 4.69) is 5.32 Å². The Hall–Kier alpha value is -3.23. The van der Waals surface area contributed by atoms with Crippen LogP contribution in [0.15, 0.2) is 82.3 Å². The van der Waals surface area contributed by atoms with E-state index in [0.29, 0.717) is 11.4 Å². The number of aliphatic hydroxyl groups is 1. The molecule has 0 radical (unpaired) electrons. The van der Waals surface area contributed by atoms with E-state index in [0.717, 1.165) is 16.9 Å². The van der Waals surface area contributed by atoms with Gasteiger partial charge in [0.25, 0.3) is 10.1 Å².